The summed E-state index contributed by atoms with van der Waals surface area (Å²) < 4.78 is 17.6. The summed E-state index contributed by atoms with van der Waals surface area (Å²) in [5, 5.41) is 3.66. The molecule has 1 aromatic heterocycles. The number of aromatic nitrogens is 2. The molecule has 34 heavy (non-hydrogen) atoms. The van der Waals surface area contributed by atoms with Crippen molar-refractivity contribution < 1.29 is 14.2 Å². The van der Waals surface area contributed by atoms with E-state index < -0.39 is 0 Å². The van der Waals surface area contributed by atoms with Crippen molar-refractivity contribution in [2.24, 2.45) is 4.99 Å². The van der Waals surface area contributed by atoms with Gasteiger partial charge in [0.25, 0.3) is 5.56 Å². The normalized spacial score (nSPS) is 11.4. The molecule has 0 spiro atoms. The molecule has 0 bridgehead atoms. The molecule has 0 saturated carbocycles. The van der Waals surface area contributed by atoms with Gasteiger partial charge < -0.3 is 14.2 Å². The van der Waals surface area contributed by atoms with Crippen LogP contribution in [0.5, 0.6) is 17.2 Å². The second-order valence-electron chi connectivity index (χ2n) is 7.42. The number of aromatic amines is 1. The number of halogens is 1. The summed E-state index contributed by atoms with van der Waals surface area (Å²) in [5.41, 5.74) is 3.38. The van der Waals surface area contributed by atoms with E-state index in [1.54, 1.807) is 26.2 Å². The zero-order valence-corrected chi connectivity index (χ0v) is 20.0. The number of hydrogen-bond acceptors (Lipinski definition) is 5. The molecule has 1 heterocycles. The molecular formula is C26H24ClN3O4. The monoisotopic (exact) mass is 477 g/mol. The Labute approximate surface area is 202 Å². The summed E-state index contributed by atoms with van der Waals surface area (Å²) in [5.74, 6) is 1.65. The number of nitrogens with one attached hydrogen (secondary N) is 1. The highest BCUT2D eigenvalue weighted by atomic mass is 35.5. The van der Waals surface area contributed by atoms with E-state index in [4.69, 9.17) is 30.8 Å². The van der Waals surface area contributed by atoms with Crippen LogP contribution in [0.1, 0.15) is 12.5 Å². The number of H-pyrrole nitrogens is 1. The van der Waals surface area contributed by atoms with Crippen LogP contribution in [0.15, 0.2) is 76.5 Å². The van der Waals surface area contributed by atoms with Gasteiger partial charge in [-0.3, -0.25) is 9.89 Å². The van der Waals surface area contributed by atoms with E-state index in [1.807, 2.05) is 54.6 Å². The summed E-state index contributed by atoms with van der Waals surface area (Å²) in [6, 6.07) is 20.2. The second-order valence-corrected chi connectivity index (χ2v) is 7.83. The van der Waals surface area contributed by atoms with Crippen LogP contribution in [0.2, 0.25) is 5.02 Å². The molecule has 8 heteroatoms. The van der Waals surface area contributed by atoms with E-state index in [2.05, 4.69) is 5.10 Å². The number of methoxy groups -OCH3 is 3. The average Bonchev–Trinajstić information content (AvgIpc) is 3.22. The number of benzene rings is 3. The van der Waals surface area contributed by atoms with Gasteiger partial charge >= 0.3 is 0 Å². The van der Waals surface area contributed by atoms with Crippen LogP contribution in [-0.2, 0) is 0 Å². The molecule has 1 N–H and O–H groups in total. The number of hydrogen-bond donors (Lipinski definition) is 1. The third-order valence-electron chi connectivity index (χ3n) is 5.39. The molecule has 0 atom stereocenters. The van der Waals surface area contributed by atoms with Crippen LogP contribution in [0, 0.1) is 0 Å². The van der Waals surface area contributed by atoms with E-state index in [0.717, 1.165) is 11.3 Å². The molecule has 0 unspecified atom stereocenters. The first-order valence-corrected chi connectivity index (χ1v) is 10.9. The molecule has 174 valence electrons. The molecule has 7 nitrogen and oxygen atoms in total. The summed E-state index contributed by atoms with van der Waals surface area (Å²) >= 11 is 6.24. The van der Waals surface area contributed by atoms with Crippen LogP contribution in [0.4, 0.5) is 5.69 Å². The van der Waals surface area contributed by atoms with Gasteiger partial charge in [-0.25, -0.2) is 9.67 Å². The minimum Gasteiger partial charge on any atom is -0.497 e. The number of ether oxygens (including phenoxy) is 3. The Hall–Kier alpha value is -3.97. The molecule has 3 aromatic carbocycles. The quantitative estimate of drug-likeness (QED) is 0.349. The molecule has 4 aromatic rings. The van der Waals surface area contributed by atoms with Crippen LogP contribution < -0.4 is 19.8 Å². The van der Waals surface area contributed by atoms with Crippen molar-refractivity contribution in [1.82, 2.24) is 9.78 Å². The second kappa shape index (κ2) is 9.89. The first kappa shape index (κ1) is 23.2. The zero-order valence-electron chi connectivity index (χ0n) is 19.3. The lowest BCUT2D eigenvalue weighted by Gasteiger charge is -2.10. The van der Waals surface area contributed by atoms with E-state index >= 15 is 0 Å². The Morgan fingerprint density at radius 2 is 1.59 bits per heavy atom. The fraction of sp³-hybridized carbons (Fsp3) is 0.154. The van der Waals surface area contributed by atoms with Gasteiger partial charge in [-0.2, -0.15) is 0 Å². The molecule has 0 aliphatic heterocycles. The van der Waals surface area contributed by atoms with Crippen molar-refractivity contribution in [3.63, 3.8) is 0 Å². The lowest BCUT2D eigenvalue weighted by molar-refractivity contribution is 0.404. The Morgan fingerprint density at radius 1 is 0.912 bits per heavy atom. The molecule has 0 aliphatic rings. The van der Waals surface area contributed by atoms with Gasteiger partial charge in [-0.1, -0.05) is 29.8 Å². The predicted molar refractivity (Wildman–Crippen MR) is 135 cm³/mol. The largest absolute Gasteiger partial charge is 0.497 e. The SMILES string of the molecule is COc1ccc(-c2[nH]n(-c3ccccc3)c(=O)c2C(C)=Nc2cc(OC)c(Cl)cc2OC)cc1. The molecule has 0 amide bonds. The fourth-order valence-electron chi connectivity index (χ4n) is 3.67. The highest BCUT2D eigenvalue weighted by Gasteiger charge is 2.20. The van der Waals surface area contributed by atoms with E-state index in [1.165, 1.54) is 18.9 Å². The van der Waals surface area contributed by atoms with E-state index in [-0.39, 0.29) is 5.56 Å². The lowest BCUT2D eigenvalue weighted by atomic mass is 10.0. The number of para-hydroxylation sites is 1. The Kier molecular flexibility index (Phi) is 6.75. The Balaban J connectivity index is 1.93. The number of aliphatic imine (C=N–C) groups is 1. The number of rotatable bonds is 7. The van der Waals surface area contributed by atoms with Gasteiger partial charge in [0.05, 0.1) is 49.0 Å². The maximum Gasteiger partial charge on any atom is 0.280 e. The van der Waals surface area contributed by atoms with Crippen molar-refractivity contribution >= 4 is 23.0 Å². The van der Waals surface area contributed by atoms with Crippen molar-refractivity contribution in [3.05, 3.63) is 87.7 Å². The summed E-state index contributed by atoms with van der Waals surface area (Å²) in [6.07, 6.45) is 0. The maximum atomic E-state index is 13.6. The molecular weight excluding hydrogens is 454 g/mol. The first-order valence-electron chi connectivity index (χ1n) is 10.5. The summed E-state index contributed by atoms with van der Waals surface area (Å²) in [7, 11) is 4.67. The van der Waals surface area contributed by atoms with E-state index in [9.17, 15) is 4.79 Å². The highest BCUT2D eigenvalue weighted by Crippen LogP contribution is 2.38. The summed E-state index contributed by atoms with van der Waals surface area (Å²) in [4.78, 5) is 18.3. The molecule has 0 saturated heterocycles. The third kappa shape index (κ3) is 4.43. The molecule has 4 rings (SSSR count). The first-order chi connectivity index (χ1) is 16.5. The predicted octanol–water partition coefficient (Wildman–Crippen LogP) is 5.65. The van der Waals surface area contributed by atoms with Crippen LogP contribution in [-0.4, -0.2) is 36.8 Å². The van der Waals surface area contributed by atoms with E-state index in [0.29, 0.717) is 44.9 Å². The van der Waals surface area contributed by atoms with Gasteiger partial charge in [0, 0.05) is 17.7 Å². The smallest absolute Gasteiger partial charge is 0.280 e. The van der Waals surface area contributed by atoms with Gasteiger partial charge in [0.2, 0.25) is 0 Å². The Morgan fingerprint density at radius 3 is 2.21 bits per heavy atom. The maximum absolute atomic E-state index is 13.6. The molecule has 0 radical (unpaired) electrons. The minimum absolute atomic E-state index is 0.224. The van der Waals surface area contributed by atoms with Crippen LogP contribution in [0.3, 0.4) is 0 Å². The highest BCUT2D eigenvalue weighted by molar-refractivity contribution is 6.32. The minimum atomic E-state index is -0.224. The van der Waals surface area contributed by atoms with Gasteiger partial charge in [0.15, 0.2) is 0 Å². The standard InChI is InChI=1S/C26H24ClN3O4/c1-16(28-21-15-22(33-3)20(27)14-23(21)34-4)24-25(17-10-12-19(32-2)13-11-17)29-30(26(24)31)18-8-6-5-7-9-18/h5-15,29H,1-4H3. The van der Waals surface area contributed by atoms with Gasteiger partial charge in [-0.15, -0.1) is 0 Å². The van der Waals surface area contributed by atoms with Crippen molar-refractivity contribution in [2.45, 2.75) is 6.92 Å². The lowest BCUT2D eigenvalue weighted by Crippen LogP contribution is -2.19. The van der Waals surface area contributed by atoms with Crippen molar-refractivity contribution in [2.75, 3.05) is 21.3 Å². The molecule has 0 aliphatic carbocycles. The fourth-order valence-corrected chi connectivity index (χ4v) is 3.90. The van der Waals surface area contributed by atoms with Gasteiger partial charge in [-0.05, 0) is 43.3 Å². The molecule has 0 fully saturated rings. The topological polar surface area (TPSA) is 77.8 Å². The summed E-state index contributed by atoms with van der Waals surface area (Å²) in [6.45, 7) is 1.79. The van der Waals surface area contributed by atoms with Crippen LogP contribution >= 0.6 is 11.6 Å². The van der Waals surface area contributed by atoms with Crippen LogP contribution in [0.25, 0.3) is 16.9 Å². The third-order valence-corrected chi connectivity index (χ3v) is 5.68. The Bertz CT molecular complexity index is 1390. The zero-order chi connectivity index (χ0) is 24.2. The average molecular weight is 478 g/mol. The van der Waals surface area contributed by atoms with Crippen molar-refractivity contribution in [1.29, 1.82) is 0 Å². The van der Waals surface area contributed by atoms with Crippen molar-refractivity contribution in [3.8, 4) is 34.2 Å². The number of nitrogens with zero attached hydrogens (tertiary/aromatic N) is 2. The van der Waals surface area contributed by atoms with Gasteiger partial charge in [0.1, 0.15) is 22.9 Å².